The maximum Gasteiger partial charge on any atom is 0.265 e. The van der Waals surface area contributed by atoms with Crippen molar-refractivity contribution in [2.24, 2.45) is 0 Å². The molecule has 0 aromatic carbocycles. The molecule has 19 heavy (non-hydrogen) atoms. The number of carbonyl (C=O) groups excluding carboxylic acids is 1. The Morgan fingerprint density at radius 3 is 2.89 bits per heavy atom. The molecule has 1 aliphatic rings. The minimum absolute atomic E-state index is 0.137. The molecule has 106 valence electrons. The molecule has 1 aromatic rings. The van der Waals surface area contributed by atoms with E-state index in [4.69, 9.17) is 0 Å². The van der Waals surface area contributed by atoms with Gasteiger partial charge in [-0.05, 0) is 23.4 Å². The Morgan fingerprint density at radius 2 is 2.26 bits per heavy atom. The number of hydrogen-bond acceptors (Lipinski definition) is 5. The van der Waals surface area contributed by atoms with Crippen molar-refractivity contribution in [3.8, 4) is 0 Å². The van der Waals surface area contributed by atoms with E-state index in [1.165, 1.54) is 22.5 Å². The fraction of sp³-hybridized carbons (Fsp3) is 0.583. The first-order valence-electron chi connectivity index (χ1n) is 6.09. The van der Waals surface area contributed by atoms with Crippen LogP contribution in [0.2, 0.25) is 0 Å². The van der Waals surface area contributed by atoms with Gasteiger partial charge in [0.1, 0.15) is 5.37 Å². The highest BCUT2D eigenvalue weighted by Crippen LogP contribution is 2.26. The molecule has 0 bridgehead atoms. The Hall–Kier alpha value is -0.530. The number of nitrogens with zero attached hydrogens (tertiary/aromatic N) is 1. The molecule has 2 heterocycles. The summed E-state index contributed by atoms with van der Waals surface area (Å²) in [7, 11) is -3.24. The topological polar surface area (TPSA) is 54.5 Å². The Kier molecular flexibility index (Phi) is 4.58. The monoisotopic (exact) mass is 319 g/mol. The van der Waals surface area contributed by atoms with Crippen LogP contribution in [0.3, 0.4) is 0 Å². The highest BCUT2D eigenvalue weighted by atomic mass is 32.2. The molecule has 0 unspecified atom stereocenters. The molecule has 1 aromatic heterocycles. The van der Waals surface area contributed by atoms with Gasteiger partial charge in [-0.1, -0.05) is 6.92 Å². The SMILES string of the molecule is CCc1ccsc1C(=O)N1CCSC[C@@H]1S(C)(=O)=O. The molecule has 0 N–H and O–H groups in total. The summed E-state index contributed by atoms with van der Waals surface area (Å²) in [4.78, 5) is 14.8. The Bertz CT molecular complexity index is 565. The number of thioether (sulfide) groups is 1. The van der Waals surface area contributed by atoms with E-state index in [0.29, 0.717) is 17.2 Å². The minimum Gasteiger partial charge on any atom is -0.319 e. The van der Waals surface area contributed by atoms with Crippen molar-refractivity contribution in [2.75, 3.05) is 24.3 Å². The van der Waals surface area contributed by atoms with Crippen molar-refractivity contribution < 1.29 is 13.2 Å². The number of aryl methyl sites for hydroxylation is 1. The Labute approximate surface area is 122 Å². The van der Waals surface area contributed by atoms with Crippen LogP contribution in [0.15, 0.2) is 11.4 Å². The van der Waals surface area contributed by atoms with Gasteiger partial charge < -0.3 is 4.90 Å². The number of thiophene rings is 1. The van der Waals surface area contributed by atoms with E-state index < -0.39 is 15.2 Å². The molecule has 4 nitrogen and oxygen atoms in total. The lowest BCUT2D eigenvalue weighted by Crippen LogP contribution is -2.49. The molecule has 0 aliphatic carbocycles. The third-order valence-corrected chi connectivity index (χ3v) is 6.75. The maximum atomic E-state index is 12.6. The van der Waals surface area contributed by atoms with E-state index in [0.717, 1.165) is 17.7 Å². The zero-order chi connectivity index (χ0) is 14.0. The molecule has 1 atom stereocenters. The van der Waals surface area contributed by atoms with Crippen molar-refractivity contribution in [2.45, 2.75) is 18.7 Å². The van der Waals surface area contributed by atoms with Gasteiger partial charge in [0.25, 0.3) is 5.91 Å². The second-order valence-electron chi connectivity index (χ2n) is 4.49. The van der Waals surface area contributed by atoms with E-state index in [1.807, 2.05) is 18.4 Å². The van der Waals surface area contributed by atoms with Gasteiger partial charge in [-0.25, -0.2) is 8.42 Å². The van der Waals surface area contributed by atoms with E-state index >= 15 is 0 Å². The number of carbonyl (C=O) groups is 1. The van der Waals surface area contributed by atoms with Gasteiger partial charge >= 0.3 is 0 Å². The van der Waals surface area contributed by atoms with Crippen molar-refractivity contribution in [3.05, 3.63) is 21.9 Å². The molecule has 1 amide bonds. The minimum atomic E-state index is -3.24. The zero-order valence-electron chi connectivity index (χ0n) is 11.0. The number of sulfone groups is 1. The van der Waals surface area contributed by atoms with Gasteiger partial charge in [-0.2, -0.15) is 11.8 Å². The molecule has 0 saturated carbocycles. The second kappa shape index (κ2) is 5.85. The molecular weight excluding hydrogens is 302 g/mol. The summed E-state index contributed by atoms with van der Waals surface area (Å²) in [5.41, 5.74) is 1.00. The zero-order valence-corrected chi connectivity index (χ0v) is 13.4. The average molecular weight is 319 g/mol. The molecule has 7 heteroatoms. The van der Waals surface area contributed by atoms with Crippen LogP contribution < -0.4 is 0 Å². The summed E-state index contributed by atoms with van der Waals surface area (Å²) in [6, 6.07) is 1.94. The van der Waals surface area contributed by atoms with E-state index in [1.54, 1.807) is 11.8 Å². The maximum absolute atomic E-state index is 12.6. The second-order valence-corrected chi connectivity index (χ2v) is 8.76. The van der Waals surface area contributed by atoms with Crippen LogP contribution in [0.4, 0.5) is 0 Å². The third-order valence-electron chi connectivity index (χ3n) is 3.16. The Morgan fingerprint density at radius 1 is 1.53 bits per heavy atom. The standard InChI is InChI=1S/C12H17NO3S3/c1-3-9-4-6-18-11(9)12(14)13-5-7-17-8-10(13)19(2,15)16/h4,6,10H,3,5,7-8H2,1-2H3/t10-/m0/s1. The van der Waals surface area contributed by atoms with Gasteiger partial charge in [0.2, 0.25) is 0 Å². The molecule has 1 fully saturated rings. The quantitative estimate of drug-likeness (QED) is 0.853. The highest BCUT2D eigenvalue weighted by molar-refractivity contribution is 8.00. The average Bonchev–Trinajstić information content (AvgIpc) is 2.85. The first-order valence-corrected chi connectivity index (χ1v) is 10.1. The van der Waals surface area contributed by atoms with E-state index in [9.17, 15) is 13.2 Å². The van der Waals surface area contributed by atoms with Crippen molar-refractivity contribution in [1.82, 2.24) is 4.90 Å². The molecule has 0 spiro atoms. The summed E-state index contributed by atoms with van der Waals surface area (Å²) >= 11 is 2.98. The van der Waals surface area contributed by atoms with E-state index in [-0.39, 0.29) is 5.91 Å². The molecular formula is C12H17NO3S3. The van der Waals surface area contributed by atoms with Gasteiger partial charge in [-0.15, -0.1) is 11.3 Å². The normalized spacial score (nSPS) is 20.5. The summed E-state index contributed by atoms with van der Waals surface area (Å²) in [6.45, 7) is 2.50. The van der Waals surface area contributed by atoms with Crippen molar-refractivity contribution >= 4 is 38.8 Å². The number of hydrogen-bond donors (Lipinski definition) is 0. The smallest absolute Gasteiger partial charge is 0.265 e. The van der Waals surface area contributed by atoms with Crippen LogP contribution in [-0.2, 0) is 16.3 Å². The summed E-state index contributed by atoms with van der Waals surface area (Å²) in [6.07, 6.45) is 2.00. The predicted octanol–water partition coefficient (Wildman–Crippen LogP) is 1.87. The first kappa shape index (κ1) is 14.9. The molecule has 1 aliphatic heterocycles. The van der Waals surface area contributed by atoms with E-state index in [2.05, 4.69) is 0 Å². The highest BCUT2D eigenvalue weighted by Gasteiger charge is 2.35. The fourth-order valence-corrected chi connectivity index (χ4v) is 5.87. The third kappa shape index (κ3) is 3.14. The summed E-state index contributed by atoms with van der Waals surface area (Å²) < 4.78 is 23.6. The Balaban J connectivity index is 2.31. The van der Waals surface area contributed by atoms with Crippen molar-refractivity contribution in [1.29, 1.82) is 0 Å². The lowest BCUT2D eigenvalue weighted by atomic mass is 10.2. The van der Waals surface area contributed by atoms with Crippen LogP contribution in [0.5, 0.6) is 0 Å². The number of amides is 1. The van der Waals surface area contributed by atoms with Crippen LogP contribution in [-0.4, -0.2) is 48.9 Å². The van der Waals surface area contributed by atoms with Crippen LogP contribution >= 0.6 is 23.1 Å². The largest absolute Gasteiger partial charge is 0.319 e. The molecule has 2 rings (SSSR count). The molecule has 0 radical (unpaired) electrons. The molecule has 1 saturated heterocycles. The number of rotatable bonds is 3. The first-order chi connectivity index (χ1) is 8.95. The summed E-state index contributed by atoms with van der Waals surface area (Å²) in [5.74, 6) is 1.13. The van der Waals surface area contributed by atoms with Crippen LogP contribution in [0.25, 0.3) is 0 Å². The van der Waals surface area contributed by atoms with Gasteiger partial charge in [0.15, 0.2) is 9.84 Å². The fourth-order valence-electron chi connectivity index (χ4n) is 2.10. The van der Waals surface area contributed by atoms with Gasteiger partial charge in [0, 0.05) is 24.3 Å². The van der Waals surface area contributed by atoms with Crippen LogP contribution in [0.1, 0.15) is 22.2 Å². The van der Waals surface area contributed by atoms with Crippen molar-refractivity contribution in [3.63, 3.8) is 0 Å². The lowest BCUT2D eigenvalue weighted by Gasteiger charge is -2.34. The summed E-state index contributed by atoms with van der Waals surface area (Å²) in [5, 5.41) is 1.20. The predicted molar refractivity (Wildman–Crippen MR) is 80.7 cm³/mol. The van der Waals surface area contributed by atoms with Gasteiger partial charge in [-0.3, -0.25) is 4.79 Å². The van der Waals surface area contributed by atoms with Crippen LogP contribution in [0, 0.1) is 0 Å². The van der Waals surface area contributed by atoms with Gasteiger partial charge in [0.05, 0.1) is 4.88 Å². The lowest BCUT2D eigenvalue weighted by molar-refractivity contribution is 0.0753.